The Morgan fingerprint density at radius 2 is 2.36 bits per heavy atom. The third-order valence-electron chi connectivity index (χ3n) is 1.51. The van der Waals surface area contributed by atoms with Gasteiger partial charge in [-0.3, -0.25) is 14.6 Å². The van der Waals surface area contributed by atoms with Crippen LogP contribution in [-0.4, -0.2) is 35.0 Å². The Hall–Kier alpha value is -0.420. The number of rotatable bonds is 6. The molecule has 0 aromatic carbocycles. The van der Waals surface area contributed by atoms with Crippen molar-refractivity contribution in [2.75, 3.05) is 18.1 Å². The SMILES string of the molecule is CC(=NCCSC[C@@H](C)C(=O)O)NCl. The Morgan fingerprint density at radius 1 is 1.71 bits per heavy atom. The van der Waals surface area contributed by atoms with E-state index in [2.05, 4.69) is 9.83 Å². The van der Waals surface area contributed by atoms with Crippen molar-refractivity contribution in [1.29, 1.82) is 0 Å². The Morgan fingerprint density at radius 3 is 2.86 bits per heavy atom. The maximum atomic E-state index is 10.4. The molecule has 0 aromatic rings. The summed E-state index contributed by atoms with van der Waals surface area (Å²) in [5.41, 5.74) is 0. The number of hydrogen-bond acceptors (Lipinski definition) is 3. The molecule has 0 saturated carbocycles. The molecule has 0 spiro atoms. The van der Waals surface area contributed by atoms with Crippen molar-refractivity contribution < 1.29 is 9.90 Å². The summed E-state index contributed by atoms with van der Waals surface area (Å²) in [4.78, 5) is 16.9. The molecule has 0 aliphatic carbocycles. The van der Waals surface area contributed by atoms with Gasteiger partial charge in [0.05, 0.1) is 12.5 Å². The number of thioether (sulfide) groups is 1. The fourth-order valence-electron chi connectivity index (χ4n) is 0.639. The van der Waals surface area contributed by atoms with Crippen LogP contribution in [0.5, 0.6) is 0 Å². The fourth-order valence-corrected chi connectivity index (χ4v) is 1.58. The normalized spacial score (nSPS) is 13.8. The van der Waals surface area contributed by atoms with Crippen molar-refractivity contribution in [3.05, 3.63) is 0 Å². The predicted octanol–water partition coefficient (Wildman–Crippen LogP) is 1.60. The molecule has 14 heavy (non-hydrogen) atoms. The van der Waals surface area contributed by atoms with Gasteiger partial charge < -0.3 is 5.11 Å². The predicted molar refractivity (Wildman–Crippen MR) is 61.1 cm³/mol. The highest BCUT2D eigenvalue weighted by molar-refractivity contribution is 7.99. The van der Waals surface area contributed by atoms with Crippen molar-refractivity contribution in [3.63, 3.8) is 0 Å². The Bertz CT molecular complexity index is 212. The molecular weight excluding hydrogens is 224 g/mol. The van der Waals surface area contributed by atoms with E-state index in [0.717, 1.165) is 5.75 Å². The largest absolute Gasteiger partial charge is 0.481 e. The standard InChI is InChI=1S/C8H15ClN2O2S/c1-6(8(12)13)5-14-4-3-10-7(2)11-9/h6H,3-5H2,1-2H3,(H,10,11)(H,12,13)/t6-/m1/s1. The van der Waals surface area contributed by atoms with Crippen LogP contribution in [0.1, 0.15) is 13.8 Å². The number of carboxylic acids is 1. The Kier molecular flexibility index (Phi) is 7.70. The number of amidine groups is 1. The molecule has 0 saturated heterocycles. The zero-order valence-corrected chi connectivity index (χ0v) is 9.86. The second-order valence-electron chi connectivity index (χ2n) is 2.88. The van der Waals surface area contributed by atoms with Crippen molar-refractivity contribution in [1.82, 2.24) is 4.84 Å². The summed E-state index contributed by atoms with van der Waals surface area (Å²) in [5.74, 6) is 1.07. The smallest absolute Gasteiger partial charge is 0.307 e. The lowest BCUT2D eigenvalue weighted by Gasteiger charge is -2.04. The van der Waals surface area contributed by atoms with Gasteiger partial charge >= 0.3 is 5.97 Å². The highest BCUT2D eigenvalue weighted by Crippen LogP contribution is 2.07. The molecule has 0 amide bonds. The number of aliphatic imine (C=N–C) groups is 1. The summed E-state index contributed by atoms with van der Waals surface area (Å²) >= 11 is 6.87. The van der Waals surface area contributed by atoms with E-state index in [4.69, 9.17) is 16.9 Å². The number of carbonyl (C=O) groups is 1. The van der Waals surface area contributed by atoms with Crippen LogP contribution in [-0.2, 0) is 4.79 Å². The molecule has 4 nitrogen and oxygen atoms in total. The molecule has 0 unspecified atom stereocenters. The number of halogens is 1. The lowest BCUT2D eigenvalue weighted by Crippen LogP contribution is -2.12. The monoisotopic (exact) mass is 238 g/mol. The molecule has 0 heterocycles. The first-order chi connectivity index (χ1) is 6.57. The molecular formula is C8H15ClN2O2S. The molecule has 0 radical (unpaired) electrons. The van der Waals surface area contributed by atoms with Gasteiger partial charge in [0.25, 0.3) is 0 Å². The average Bonchev–Trinajstić information content (AvgIpc) is 2.16. The number of nitrogens with zero attached hydrogens (tertiary/aromatic N) is 1. The van der Waals surface area contributed by atoms with E-state index >= 15 is 0 Å². The van der Waals surface area contributed by atoms with Gasteiger partial charge in [-0.15, -0.1) is 0 Å². The molecule has 0 aliphatic heterocycles. The lowest BCUT2D eigenvalue weighted by molar-refractivity contribution is -0.140. The van der Waals surface area contributed by atoms with E-state index in [0.29, 0.717) is 18.1 Å². The molecule has 0 aliphatic rings. The highest BCUT2D eigenvalue weighted by atomic mass is 35.5. The van der Waals surface area contributed by atoms with Crippen molar-refractivity contribution in [2.24, 2.45) is 10.9 Å². The van der Waals surface area contributed by atoms with E-state index in [-0.39, 0.29) is 5.92 Å². The van der Waals surface area contributed by atoms with Crippen LogP contribution in [0.25, 0.3) is 0 Å². The maximum Gasteiger partial charge on any atom is 0.307 e. The van der Waals surface area contributed by atoms with Gasteiger partial charge in [-0.05, 0) is 6.92 Å². The van der Waals surface area contributed by atoms with Crippen molar-refractivity contribution in [3.8, 4) is 0 Å². The Labute approximate surface area is 93.2 Å². The molecule has 6 heteroatoms. The molecule has 82 valence electrons. The zero-order valence-electron chi connectivity index (χ0n) is 8.29. The molecule has 0 fully saturated rings. The van der Waals surface area contributed by atoms with Crippen LogP contribution < -0.4 is 4.84 Å². The molecule has 0 rings (SSSR count). The number of carboxylic acid groups (broad SMARTS) is 1. The molecule has 2 N–H and O–H groups in total. The number of nitrogens with one attached hydrogen (secondary N) is 1. The van der Waals surface area contributed by atoms with E-state index in [1.165, 1.54) is 0 Å². The van der Waals surface area contributed by atoms with Crippen LogP contribution in [0.3, 0.4) is 0 Å². The molecule has 0 bridgehead atoms. The summed E-state index contributed by atoms with van der Waals surface area (Å²) in [6, 6.07) is 0. The first-order valence-corrected chi connectivity index (χ1v) is 5.79. The topological polar surface area (TPSA) is 61.7 Å². The van der Waals surface area contributed by atoms with Crippen molar-refractivity contribution >= 4 is 35.3 Å². The highest BCUT2D eigenvalue weighted by Gasteiger charge is 2.09. The molecule has 1 atom stereocenters. The van der Waals surface area contributed by atoms with E-state index in [1.807, 2.05) is 0 Å². The summed E-state index contributed by atoms with van der Waals surface area (Å²) in [6.45, 7) is 4.13. The van der Waals surface area contributed by atoms with Crippen LogP contribution in [0, 0.1) is 5.92 Å². The second-order valence-corrected chi connectivity index (χ2v) is 4.21. The fraction of sp³-hybridized carbons (Fsp3) is 0.750. The molecule has 0 aromatic heterocycles. The van der Waals surface area contributed by atoms with Crippen LogP contribution in [0.15, 0.2) is 4.99 Å². The number of aliphatic carboxylic acids is 1. The van der Waals surface area contributed by atoms with Gasteiger partial charge in [-0.1, -0.05) is 6.92 Å². The van der Waals surface area contributed by atoms with Gasteiger partial charge in [0.15, 0.2) is 0 Å². The van der Waals surface area contributed by atoms with E-state index in [9.17, 15) is 4.79 Å². The van der Waals surface area contributed by atoms with Gasteiger partial charge in [0.2, 0.25) is 0 Å². The van der Waals surface area contributed by atoms with Crippen LogP contribution in [0.4, 0.5) is 0 Å². The average molecular weight is 239 g/mol. The van der Waals surface area contributed by atoms with Gasteiger partial charge in [-0.2, -0.15) is 11.8 Å². The third-order valence-corrected chi connectivity index (χ3v) is 2.99. The van der Waals surface area contributed by atoms with Gasteiger partial charge in [0.1, 0.15) is 5.84 Å². The summed E-state index contributed by atoms with van der Waals surface area (Å²) in [5, 5.41) is 8.60. The zero-order chi connectivity index (χ0) is 11.0. The minimum atomic E-state index is -0.750. The summed E-state index contributed by atoms with van der Waals surface area (Å²) in [6.07, 6.45) is 0. The first-order valence-electron chi connectivity index (χ1n) is 4.26. The van der Waals surface area contributed by atoms with Gasteiger partial charge in [0, 0.05) is 23.3 Å². The maximum absolute atomic E-state index is 10.4. The number of hydrogen-bond donors (Lipinski definition) is 2. The van der Waals surface area contributed by atoms with E-state index < -0.39 is 5.97 Å². The first kappa shape index (κ1) is 13.6. The quantitative estimate of drug-likeness (QED) is 0.319. The summed E-state index contributed by atoms with van der Waals surface area (Å²) < 4.78 is 0. The third kappa shape index (κ3) is 7.03. The van der Waals surface area contributed by atoms with E-state index in [1.54, 1.807) is 25.6 Å². The van der Waals surface area contributed by atoms with Gasteiger partial charge in [-0.25, -0.2) is 0 Å². The van der Waals surface area contributed by atoms with Crippen molar-refractivity contribution in [2.45, 2.75) is 13.8 Å². The van der Waals surface area contributed by atoms with Crippen LogP contribution in [0.2, 0.25) is 0 Å². The lowest BCUT2D eigenvalue weighted by atomic mass is 10.2. The Balaban J connectivity index is 3.43. The second kappa shape index (κ2) is 7.94. The van der Waals surface area contributed by atoms with Crippen LogP contribution >= 0.6 is 23.5 Å². The minimum absolute atomic E-state index is 0.295. The minimum Gasteiger partial charge on any atom is -0.481 e. The summed E-state index contributed by atoms with van der Waals surface area (Å²) in [7, 11) is 0.